The van der Waals surface area contributed by atoms with Gasteiger partial charge in [0.2, 0.25) is 0 Å². The van der Waals surface area contributed by atoms with Crippen LogP contribution in [0.2, 0.25) is 10.0 Å². The molecule has 0 atom stereocenters. The molecule has 1 aliphatic rings. The Labute approximate surface area is 113 Å². The molecule has 0 aromatic heterocycles. The van der Waals surface area contributed by atoms with Crippen molar-refractivity contribution >= 4 is 23.2 Å². The number of nitrogens with two attached hydrogens (primary N) is 1. The van der Waals surface area contributed by atoms with E-state index in [1.165, 1.54) is 25.7 Å². The highest BCUT2D eigenvalue weighted by molar-refractivity contribution is 6.42. The van der Waals surface area contributed by atoms with Crippen LogP contribution >= 0.6 is 23.2 Å². The molecule has 0 spiro atoms. The first-order valence-electron chi connectivity index (χ1n) is 6.32. The van der Waals surface area contributed by atoms with Gasteiger partial charge in [-0.2, -0.15) is 0 Å². The van der Waals surface area contributed by atoms with Gasteiger partial charge in [0.15, 0.2) is 0 Å². The van der Waals surface area contributed by atoms with E-state index in [1.54, 1.807) is 0 Å². The van der Waals surface area contributed by atoms with Gasteiger partial charge in [0, 0.05) is 5.54 Å². The molecule has 1 nitrogen and oxygen atoms in total. The van der Waals surface area contributed by atoms with Crippen LogP contribution in [0.1, 0.15) is 44.1 Å². The molecule has 1 fully saturated rings. The zero-order chi connectivity index (χ0) is 12.3. The molecule has 0 aliphatic heterocycles. The second-order valence-electron chi connectivity index (χ2n) is 5.17. The fourth-order valence-corrected chi connectivity index (χ4v) is 3.06. The van der Waals surface area contributed by atoms with E-state index in [1.807, 2.05) is 18.2 Å². The van der Waals surface area contributed by atoms with Gasteiger partial charge in [-0.25, -0.2) is 0 Å². The summed E-state index contributed by atoms with van der Waals surface area (Å²) in [6.45, 7) is 0. The summed E-state index contributed by atoms with van der Waals surface area (Å²) in [5.74, 6) is 0. The largest absolute Gasteiger partial charge is 0.325 e. The van der Waals surface area contributed by atoms with Crippen LogP contribution in [0, 0.1) is 0 Å². The van der Waals surface area contributed by atoms with Gasteiger partial charge in [-0.1, -0.05) is 61.0 Å². The van der Waals surface area contributed by atoms with Crippen LogP contribution in [0.15, 0.2) is 18.2 Å². The highest BCUT2D eigenvalue weighted by atomic mass is 35.5. The third-order valence-electron chi connectivity index (χ3n) is 3.67. The first-order chi connectivity index (χ1) is 8.11. The summed E-state index contributed by atoms with van der Waals surface area (Å²) >= 11 is 12.3. The van der Waals surface area contributed by atoms with E-state index in [0.717, 1.165) is 24.8 Å². The van der Waals surface area contributed by atoms with Gasteiger partial charge in [-0.05, 0) is 30.9 Å². The number of halogens is 2. The summed E-state index contributed by atoms with van der Waals surface area (Å²) in [6, 6.07) is 5.81. The fraction of sp³-hybridized carbons (Fsp3) is 0.571. The number of rotatable bonds is 2. The smallest absolute Gasteiger partial charge is 0.0624 e. The minimum Gasteiger partial charge on any atom is -0.325 e. The van der Waals surface area contributed by atoms with Crippen molar-refractivity contribution in [2.75, 3.05) is 0 Å². The zero-order valence-electron chi connectivity index (χ0n) is 10.0. The van der Waals surface area contributed by atoms with Crippen molar-refractivity contribution in [2.45, 2.75) is 50.5 Å². The zero-order valence-corrected chi connectivity index (χ0v) is 11.5. The minimum atomic E-state index is -0.0924. The van der Waals surface area contributed by atoms with Gasteiger partial charge in [-0.15, -0.1) is 0 Å². The van der Waals surface area contributed by atoms with Crippen molar-refractivity contribution in [3.63, 3.8) is 0 Å². The number of hydrogen-bond acceptors (Lipinski definition) is 1. The van der Waals surface area contributed by atoms with Gasteiger partial charge in [0.05, 0.1) is 10.0 Å². The average molecular weight is 272 g/mol. The monoisotopic (exact) mass is 271 g/mol. The van der Waals surface area contributed by atoms with Gasteiger partial charge < -0.3 is 5.73 Å². The van der Waals surface area contributed by atoms with Crippen molar-refractivity contribution in [2.24, 2.45) is 5.73 Å². The summed E-state index contributed by atoms with van der Waals surface area (Å²) in [7, 11) is 0. The summed E-state index contributed by atoms with van der Waals surface area (Å²) in [5, 5.41) is 1.30. The lowest BCUT2D eigenvalue weighted by molar-refractivity contribution is 0.369. The maximum Gasteiger partial charge on any atom is 0.0624 e. The van der Waals surface area contributed by atoms with Crippen molar-refractivity contribution < 1.29 is 0 Å². The van der Waals surface area contributed by atoms with E-state index in [-0.39, 0.29) is 5.54 Å². The highest BCUT2D eigenvalue weighted by Gasteiger charge is 2.27. The first kappa shape index (κ1) is 13.2. The molecule has 0 radical (unpaired) electrons. The molecule has 0 saturated heterocycles. The van der Waals surface area contributed by atoms with Crippen LogP contribution in [0.25, 0.3) is 0 Å². The van der Waals surface area contributed by atoms with E-state index in [9.17, 15) is 0 Å². The molecule has 0 bridgehead atoms. The van der Waals surface area contributed by atoms with E-state index >= 15 is 0 Å². The van der Waals surface area contributed by atoms with Crippen molar-refractivity contribution in [3.05, 3.63) is 33.8 Å². The Morgan fingerprint density at radius 2 is 1.71 bits per heavy atom. The molecular weight excluding hydrogens is 253 g/mol. The molecule has 1 saturated carbocycles. The Morgan fingerprint density at radius 3 is 2.35 bits per heavy atom. The summed E-state index contributed by atoms with van der Waals surface area (Å²) in [6.07, 6.45) is 8.10. The SMILES string of the molecule is NC1(Cc2cccc(Cl)c2Cl)CCCCCC1. The molecule has 0 amide bonds. The maximum absolute atomic E-state index is 6.51. The molecule has 1 aromatic carbocycles. The summed E-state index contributed by atoms with van der Waals surface area (Å²) < 4.78 is 0. The lowest BCUT2D eigenvalue weighted by Crippen LogP contribution is -2.41. The second-order valence-corrected chi connectivity index (χ2v) is 5.95. The van der Waals surface area contributed by atoms with Crippen LogP contribution in [0.4, 0.5) is 0 Å². The normalized spacial score (nSPS) is 19.9. The molecule has 0 heterocycles. The lowest BCUT2D eigenvalue weighted by Gasteiger charge is -2.28. The molecule has 1 aliphatic carbocycles. The van der Waals surface area contributed by atoms with Gasteiger partial charge in [0.1, 0.15) is 0 Å². The second kappa shape index (κ2) is 5.60. The van der Waals surface area contributed by atoms with Gasteiger partial charge in [-0.3, -0.25) is 0 Å². The Balaban J connectivity index is 2.15. The van der Waals surface area contributed by atoms with Gasteiger partial charge >= 0.3 is 0 Å². The Morgan fingerprint density at radius 1 is 1.06 bits per heavy atom. The molecule has 94 valence electrons. The molecule has 3 heteroatoms. The summed E-state index contributed by atoms with van der Waals surface area (Å²) in [5.41, 5.74) is 7.50. The molecule has 17 heavy (non-hydrogen) atoms. The van der Waals surface area contributed by atoms with E-state index in [2.05, 4.69) is 0 Å². The fourth-order valence-electron chi connectivity index (χ4n) is 2.67. The molecule has 0 unspecified atom stereocenters. The molecule has 2 N–H and O–H groups in total. The van der Waals surface area contributed by atoms with Crippen LogP contribution in [0.3, 0.4) is 0 Å². The average Bonchev–Trinajstić information content (AvgIpc) is 2.50. The van der Waals surface area contributed by atoms with E-state index < -0.39 is 0 Å². The van der Waals surface area contributed by atoms with Crippen molar-refractivity contribution in [1.82, 2.24) is 0 Å². The Kier molecular flexibility index (Phi) is 4.35. The third-order valence-corrected chi connectivity index (χ3v) is 4.53. The van der Waals surface area contributed by atoms with Crippen molar-refractivity contribution in [3.8, 4) is 0 Å². The first-order valence-corrected chi connectivity index (χ1v) is 7.08. The minimum absolute atomic E-state index is 0.0924. The van der Waals surface area contributed by atoms with Crippen LogP contribution in [-0.4, -0.2) is 5.54 Å². The standard InChI is InChI=1S/C14H19Cl2N/c15-12-7-5-6-11(13(12)16)10-14(17)8-3-1-2-4-9-14/h5-7H,1-4,8-10,17H2. The Hall–Kier alpha value is -0.240. The Bertz CT molecular complexity index is 382. The number of hydrogen-bond donors (Lipinski definition) is 1. The topological polar surface area (TPSA) is 26.0 Å². The van der Waals surface area contributed by atoms with Crippen LogP contribution < -0.4 is 5.73 Å². The molecule has 2 rings (SSSR count). The highest BCUT2D eigenvalue weighted by Crippen LogP contribution is 2.32. The van der Waals surface area contributed by atoms with Gasteiger partial charge in [0.25, 0.3) is 0 Å². The van der Waals surface area contributed by atoms with E-state index in [0.29, 0.717) is 10.0 Å². The van der Waals surface area contributed by atoms with Crippen molar-refractivity contribution in [1.29, 1.82) is 0 Å². The predicted molar refractivity (Wildman–Crippen MR) is 74.8 cm³/mol. The maximum atomic E-state index is 6.51. The van der Waals surface area contributed by atoms with Crippen LogP contribution in [-0.2, 0) is 6.42 Å². The number of benzene rings is 1. The lowest BCUT2D eigenvalue weighted by atomic mass is 9.85. The van der Waals surface area contributed by atoms with Crippen LogP contribution in [0.5, 0.6) is 0 Å². The summed E-state index contributed by atoms with van der Waals surface area (Å²) in [4.78, 5) is 0. The molecule has 1 aromatic rings. The molecular formula is C14H19Cl2N. The van der Waals surface area contributed by atoms with E-state index in [4.69, 9.17) is 28.9 Å². The quantitative estimate of drug-likeness (QED) is 0.783. The predicted octanol–water partition coefficient (Wildman–Crippen LogP) is 4.59. The third kappa shape index (κ3) is 3.37.